The largest absolute Gasteiger partial charge is 0.288 e. The second kappa shape index (κ2) is 4.65. The third kappa shape index (κ3) is 2.51. The van der Waals surface area contributed by atoms with Gasteiger partial charge in [-0.2, -0.15) is 0 Å². The minimum absolute atomic E-state index is 0.118. The molecule has 5 heteroatoms. The van der Waals surface area contributed by atoms with Crippen LogP contribution in [0, 0.1) is 9.81 Å². The van der Waals surface area contributed by atoms with E-state index in [0.29, 0.717) is 0 Å². The van der Waals surface area contributed by atoms with Crippen LogP contribution in [-0.4, -0.2) is 5.78 Å². The summed E-state index contributed by atoms with van der Waals surface area (Å²) >= 11 is 8.78. The van der Waals surface area contributed by atoms with Crippen molar-refractivity contribution in [2.45, 2.75) is 6.92 Å². The molecule has 0 aliphatic heterocycles. The molecule has 1 nitrogen and oxygen atoms in total. The van der Waals surface area contributed by atoms with Crippen LogP contribution in [0.3, 0.4) is 0 Å². The highest BCUT2D eigenvalue weighted by Gasteiger charge is 2.14. The second-order valence-corrected chi connectivity index (χ2v) is 7.90. The van der Waals surface area contributed by atoms with E-state index in [1.54, 1.807) is 11.3 Å². The summed E-state index contributed by atoms with van der Waals surface area (Å²) in [7, 11) is 0. The Morgan fingerprint density at radius 3 is 2.67 bits per heavy atom. The first-order valence-corrected chi connectivity index (χ1v) is 7.69. The Bertz CT molecular complexity index is 496. The number of thiophene rings is 2. The lowest BCUT2D eigenvalue weighted by molar-refractivity contribution is 0.104. The fourth-order valence-corrected chi connectivity index (χ4v) is 3.97. The molecule has 0 aliphatic rings. The summed E-state index contributed by atoms with van der Waals surface area (Å²) in [5.41, 5.74) is 0.790. The first-order chi connectivity index (χ1) is 7.08. The lowest BCUT2D eigenvalue weighted by Crippen LogP contribution is -1.95. The molecular formula is C10H6BrIOS2. The molecule has 0 N–H and O–H groups in total. The number of carbonyl (C=O) groups excluding carboxylic acids is 1. The van der Waals surface area contributed by atoms with Gasteiger partial charge in [0.15, 0.2) is 0 Å². The van der Waals surface area contributed by atoms with Crippen LogP contribution in [0.2, 0.25) is 0 Å². The van der Waals surface area contributed by atoms with Gasteiger partial charge in [-0.25, -0.2) is 0 Å². The molecule has 0 saturated heterocycles. The van der Waals surface area contributed by atoms with E-state index >= 15 is 0 Å². The van der Waals surface area contributed by atoms with Crippen molar-refractivity contribution in [2.24, 2.45) is 0 Å². The van der Waals surface area contributed by atoms with Crippen LogP contribution >= 0.6 is 61.2 Å². The Labute approximate surface area is 118 Å². The smallest absolute Gasteiger partial charge is 0.203 e. The van der Waals surface area contributed by atoms with E-state index in [0.717, 1.165) is 22.7 Å². The van der Waals surface area contributed by atoms with Crippen molar-refractivity contribution in [3.63, 3.8) is 0 Å². The average molecular weight is 413 g/mol. The summed E-state index contributed by atoms with van der Waals surface area (Å²) in [6.07, 6.45) is 0. The summed E-state index contributed by atoms with van der Waals surface area (Å²) in [6.45, 7) is 2.00. The Morgan fingerprint density at radius 2 is 2.20 bits per heavy atom. The molecule has 2 aromatic heterocycles. The second-order valence-electron chi connectivity index (χ2n) is 2.98. The SMILES string of the molecule is Cc1sc(C(=O)c2csc(I)c2)cc1Br. The van der Waals surface area contributed by atoms with Crippen LogP contribution in [0.4, 0.5) is 0 Å². The van der Waals surface area contributed by atoms with E-state index < -0.39 is 0 Å². The van der Waals surface area contributed by atoms with Crippen molar-refractivity contribution in [3.8, 4) is 0 Å². The van der Waals surface area contributed by atoms with Crippen molar-refractivity contribution in [2.75, 3.05) is 0 Å². The van der Waals surface area contributed by atoms with Crippen LogP contribution in [0.15, 0.2) is 22.0 Å². The highest BCUT2D eigenvalue weighted by atomic mass is 127. The molecule has 0 saturated carbocycles. The molecule has 2 rings (SSSR count). The standard InChI is InChI=1S/C10H6BrIOS2/c1-5-7(11)3-8(15-5)10(13)6-2-9(12)14-4-6/h2-4H,1H3. The van der Waals surface area contributed by atoms with E-state index in [1.165, 1.54) is 11.3 Å². The molecule has 0 amide bonds. The summed E-state index contributed by atoms with van der Waals surface area (Å²) < 4.78 is 2.16. The molecule has 0 radical (unpaired) electrons. The summed E-state index contributed by atoms with van der Waals surface area (Å²) in [5.74, 6) is 0.118. The van der Waals surface area contributed by atoms with Gasteiger partial charge in [0.2, 0.25) is 5.78 Å². The molecule has 78 valence electrons. The molecule has 0 spiro atoms. The fourth-order valence-electron chi connectivity index (χ4n) is 1.14. The van der Waals surface area contributed by atoms with Gasteiger partial charge in [-0.05, 0) is 57.6 Å². The van der Waals surface area contributed by atoms with Gasteiger partial charge in [-0.15, -0.1) is 22.7 Å². The predicted octanol–water partition coefficient (Wildman–Crippen LogP) is 4.72. The fraction of sp³-hybridized carbons (Fsp3) is 0.100. The van der Waals surface area contributed by atoms with Crippen molar-refractivity contribution in [1.82, 2.24) is 0 Å². The van der Waals surface area contributed by atoms with Gasteiger partial charge in [-0.3, -0.25) is 4.79 Å². The monoisotopic (exact) mass is 412 g/mol. The molecule has 0 unspecified atom stereocenters. The van der Waals surface area contributed by atoms with Crippen LogP contribution in [0.1, 0.15) is 20.1 Å². The summed E-state index contributed by atoms with van der Waals surface area (Å²) in [5, 5.41) is 1.91. The van der Waals surface area contributed by atoms with Gasteiger partial charge in [0, 0.05) is 20.3 Å². The maximum absolute atomic E-state index is 12.0. The molecule has 0 fully saturated rings. The summed E-state index contributed by atoms with van der Waals surface area (Å²) in [4.78, 5) is 14.0. The van der Waals surface area contributed by atoms with Crippen molar-refractivity contribution in [3.05, 3.63) is 40.2 Å². The van der Waals surface area contributed by atoms with E-state index in [4.69, 9.17) is 0 Å². The molecule has 0 atom stereocenters. The molecule has 15 heavy (non-hydrogen) atoms. The number of ketones is 1. The molecule has 2 heterocycles. The van der Waals surface area contributed by atoms with Gasteiger partial charge in [0.1, 0.15) is 0 Å². The van der Waals surface area contributed by atoms with Crippen LogP contribution in [0.25, 0.3) is 0 Å². The highest BCUT2D eigenvalue weighted by molar-refractivity contribution is 14.1. The number of hydrogen-bond donors (Lipinski definition) is 0. The Kier molecular flexibility index (Phi) is 3.64. The lowest BCUT2D eigenvalue weighted by Gasteiger charge is -1.91. The van der Waals surface area contributed by atoms with Gasteiger partial charge in [-0.1, -0.05) is 0 Å². The minimum Gasteiger partial charge on any atom is -0.288 e. The van der Waals surface area contributed by atoms with Crippen LogP contribution in [-0.2, 0) is 0 Å². The average Bonchev–Trinajstić information content (AvgIpc) is 2.74. The maximum atomic E-state index is 12.0. The number of carbonyl (C=O) groups is 1. The number of hydrogen-bond acceptors (Lipinski definition) is 3. The van der Waals surface area contributed by atoms with Crippen LogP contribution < -0.4 is 0 Å². The summed E-state index contributed by atoms with van der Waals surface area (Å²) in [6, 6.07) is 3.82. The maximum Gasteiger partial charge on any atom is 0.203 e. The molecule has 0 bridgehead atoms. The van der Waals surface area contributed by atoms with Gasteiger partial charge in [0.25, 0.3) is 0 Å². The van der Waals surface area contributed by atoms with E-state index in [1.807, 2.05) is 24.4 Å². The Hall–Kier alpha value is 0.280. The molecular weight excluding hydrogens is 407 g/mol. The predicted molar refractivity (Wildman–Crippen MR) is 77.2 cm³/mol. The highest BCUT2D eigenvalue weighted by Crippen LogP contribution is 2.29. The zero-order chi connectivity index (χ0) is 11.0. The van der Waals surface area contributed by atoms with Crippen molar-refractivity contribution >= 4 is 67.0 Å². The zero-order valence-corrected chi connectivity index (χ0v) is 13.1. The molecule has 0 aromatic carbocycles. The lowest BCUT2D eigenvalue weighted by atomic mass is 10.2. The first kappa shape index (κ1) is 11.8. The van der Waals surface area contributed by atoms with Crippen LogP contribution in [0.5, 0.6) is 0 Å². The normalized spacial score (nSPS) is 10.6. The number of rotatable bonds is 2. The van der Waals surface area contributed by atoms with Gasteiger partial charge in [0.05, 0.1) is 7.76 Å². The van der Waals surface area contributed by atoms with E-state index in [-0.39, 0.29) is 5.78 Å². The van der Waals surface area contributed by atoms with E-state index in [9.17, 15) is 4.79 Å². The zero-order valence-electron chi connectivity index (χ0n) is 7.71. The number of aryl methyl sites for hydroxylation is 1. The van der Waals surface area contributed by atoms with Crippen molar-refractivity contribution in [1.29, 1.82) is 0 Å². The third-order valence-corrected chi connectivity index (χ3v) is 5.84. The quantitative estimate of drug-likeness (QED) is 0.515. The molecule has 0 aliphatic carbocycles. The Morgan fingerprint density at radius 1 is 1.47 bits per heavy atom. The van der Waals surface area contributed by atoms with E-state index in [2.05, 4.69) is 38.5 Å². The third-order valence-electron chi connectivity index (χ3n) is 1.91. The number of halogens is 2. The minimum atomic E-state index is 0.118. The topological polar surface area (TPSA) is 17.1 Å². The molecule has 2 aromatic rings. The van der Waals surface area contributed by atoms with Gasteiger partial charge >= 0.3 is 0 Å². The Balaban J connectivity index is 2.36. The van der Waals surface area contributed by atoms with Crippen molar-refractivity contribution < 1.29 is 4.79 Å². The first-order valence-electron chi connectivity index (χ1n) is 4.12. The van der Waals surface area contributed by atoms with Gasteiger partial charge < -0.3 is 0 Å².